The van der Waals surface area contributed by atoms with Crippen molar-refractivity contribution in [2.75, 3.05) is 0 Å². The molecular formula is C16H17N3O. The number of aromatic nitrogens is 2. The monoisotopic (exact) mass is 267 g/mol. The average molecular weight is 267 g/mol. The summed E-state index contributed by atoms with van der Waals surface area (Å²) >= 11 is 0. The third-order valence-corrected chi connectivity index (χ3v) is 3.37. The van der Waals surface area contributed by atoms with Crippen LogP contribution in [-0.2, 0) is 0 Å². The first-order valence-electron chi connectivity index (χ1n) is 6.86. The number of nitrogens with zero attached hydrogens (tertiary/aromatic N) is 2. The number of nitrogens with two attached hydrogens (primary N) is 1. The van der Waals surface area contributed by atoms with Gasteiger partial charge < -0.3 is 10.3 Å². The van der Waals surface area contributed by atoms with Crippen molar-refractivity contribution in [3.05, 3.63) is 48.4 Å². The molecule has 0 aliphatic carbocycles. The van der Waals surface area contributed by atoms with Gasteiger partial charge in [0, 0.05) is 5.56 Å². The molecule has 0 fully saturated rings. The summed E-state index contributed by atoms with van der Waals surface area (Å²) in [6.07, 6.45) is 1.84. The van der Waals surface area contributed by atoms with Crippen LogP contribution in [0, 0.1) is 0 Å². The molecule has 2 N–H and O–H groups in total. The Hall–Kier alpha value is -2.20. The number of hydrogen-bond acceptors (Lipinski definition) is 4. The van der Waals surface area contributed by atoms with E-state index in [1.807, 2.05) is 18.2 Å². The standard InChI is InChI=1S/C16H17N3O/c1-2-5-14(17)16-18-15(19-20-16)13-9-8-11-6-3-4-7-12(11)10-13/h3-4,6-10,14H,2,5,17H2,1H3/t14-/m1/s1. The molecule has 0 aliphatic heterocycles. The van der Waals surface area contributed by atoms with Crippen LogP contribution in [0.4, 0.5) is 0 Å². The maximum absolute atomic E-state index is 5.99. The highest BCUT2D eigenvalue weighted by atomic mass is 16.5. The van der Waals surface area contributed by atoms with Crippen molar-refractivity contribution in [3.63, 3.8) is 0 Å². The van der Waals surface area contributed by atoms with Gasteiger partial charge in [0.05, 0.1) is 6.04 Å². The summed E-state index contributed by atoms with van der Waals surface area (Å²) in [6, 6.07) is 14.1. The molecule has 3 rings (SSSR count). The van der Waals surface area contributed by atoms with E-state index in [4.69, 9.17) is 10.3 Å². The maximum atomic E-state index is 5.99. The Morgan fingerprint density at radius 1 is 1.15 bits per heavy atom. The lowest BCUT2D eigenvalue weighted by Crippen LogP contribution is -2.09. The van der Waals surface area contributed by atoms with E-state index in [0.29, 0.717) is 11.7 Å². The zero-order valence-corrected chi connectivity index (χ0v) is 11.4. The third-order valence-electron chi connectivity index (χ3n) is 3.37. The fourth-order valence-corrected chi connectivity index (χ4v) is 2.27. The zero-order chi connectivity index (χ0) is 13.9. The van der Waals surface area contributed by atoms with E-state index in [9.17, 15) is 0 Å². The van der Waals surface area contributed by atoms with Crippen molar-refractivity contribution < 1.29 is 4.52 Å². The molecule has 3 aromatic rings. The van der Waals surface area contributed by atoms with Crippen LogP contribution in [-0.4, -0.2) is 10.1 Å². The highest BCUT2D eigenvalue weighted by Crippen LogP contribution is 2.23. The van der Waals surface area contributed by atoms with Crippen molar-refractivity contribution in [2.24, 2.45) is 5.73 Å². The van der Waals surface area contributed by atoms with Gasteiger partial charge >= 0.3 is 0 Å². The second-order valence-corrected chi connectivity index (χ2v) is 4.91. The van der Waals surface area contributed by atoms with Crippen LogP contribution in [0.1, 0.15) is 31.7 Å². The lowest BCUT2D eigenvalue weighted by Gasteiger charge is -2.02. The van der Waals surface area contributed by atoms with Crippen LogP contribution in [0.25, 0.3) is 22.2 Å². The van der Waals surface area contributed by atoms with Gasteiger partial charge in [-0.05, 0) is 23.3 Å². The molecule has 0 saturated heterocycles. The number of fused-ring (bicyclic) bond motifs is 1. The van der Waals surface area contributed by atoms with Gasteiger partial charge in [0.25, 0.3) is 0 Å². The van der Waals surface area contributed by atoms with E-state index < -0.39 is 0 Å². The molecule has 2 aromatic carbocycles. The molecular weight excluding hydrogens is 250 g/mol. The molecule has 0 bridgehead atoms. The summed E-state index contributed by atoms with van der Waals surface area (Å²) < 4.78 is 5.26. The van der Waals surface area contributed by atoms with E-state index in [1.165, 1.54) is 5.39 Å². The minimum absolute atomic E-state index is 0.179. The lowest BCUT2D eigenvalue weighted by atomic mass is 10.1. The summed E-state index contributed by atoms with van der Waals surface area (Å²) in [5.41, 5.74) is 6.94. The van der Waals surface area contributed by atoms with Crippen LogP contribution >= 0.6 is 0 Å². The van der Waals surface area contributed by atoms with Crippen molar-refractivity contribution in [3.8, 4) is 11.4 Å². The second-order valence-electron chi connectivity index (χ2n) is 4.91. The molecule has 0 spiro atoms. The highest BCUT2D eigenvalue weighted by molar-refractivity contribution is 5.86. The SMILES string of the molecule is CCC[C@@H](N)c1nc(-c2ccc3ccccc3c2)no1. The molecule has 0 radical (unpaired) electrons. The van der Waals surface area contributed by atoms with Gasteiger partial charge in [-0.3, -0.25) is 0 Å². The van der Waals surface area contributed by atoms with Crippen LogP contribution in [0.15, 0.2) is 47.0 Å². The molecule has 0 saturated carbocycles. The molecule has 1 atom stereocenters. The van der Waals surface area contributed by atoms with Gasteiger partial charge in [-0.25, -0.2) is 0 Å². The first kappa shape index (κ1) is 12.8. The largest absolute Gasteiger partial charge is 0.337 e. The Morgan fingerprint density at radius 3 is 2.75 bits per heavy atom. The smallest absolute Gasteiger partial charge is 0.243 e. The Kier molecular flexibility index (Phi) is 3.48. The predicted molar refractivity (Wildman–Crippen MR) is 79.1 cm³/mol. The van der Waals surface area contributed by atoms with E-state index >= 15 is 0 Å². The van der Waals surface area contributed by atoms with Gasteiger partial charge in [0.2, 0.25) is 11.7 Å². The van der Waals surface area contributed by atoms with Gasteiger partial charge in [-0.2, -0.15) is 4.98 Å². The van der Waals surface area contributed by atoms with Crippen molar-refractivity contribution >= 4 is 10.8 Å². The molecule has 0 unspecified atom stereocenters. The molecule has 0 aliphatic rings. The van der Waals surface area contributed by atoms with Crippen LogP contribution in [0.5, 0.6) is 0 Å². The predicted octanol–water partition coefficient (Wildman–Crippen LogP) is 3.69. The molecule has 102 valence electrons. The number of rotatable bonds is 4. The summed E-state index contributed by atoms with van der Waals surface area (Å²) in [4.78, 5) is 4.40. The van der Waals surface area contributed by atoms with Crippen LogP contribution in [0.2, 0.25) is 0 Å². The Morgan fingerprint density at radius 2 is 1.95 bits per heavy atom. The Balaban J connectivity index is 1.94. The summed E-state index contributed by atoms with van der Waals surface area (Å²) in [5.74, 6) is 1.10. The summed E-state index contributed by atoms with van der Waals surface area (Å²) in [7, 11) is 0. The molecule has 20 heavy (non-hydrogen) atoms. The van der Waals surface area contributed by atoms with Gasteiger partial charge in [0.15, 0.2) is 0 Å². The summed E-state index contributed by atoms with van der Waals surface area (Å²) in [5, 5.41) is 6.39. The molecule has 4 nitrogen and oxygen atoms in total. The van der Waals surface area contributed by atoms with Gasteiger partial charge in [0.1, 0.15) is 0 Å². The topological polar surface area (TPSA) is 64.9 Å². The minimum Gasteiger partial charge on any atom is -0.337 e. The van der Waals surface area contributed by atoms with Crippen LogP contribution in [0.3, 0.4) is 0 Å². The van der Waals surface area contributed by atoms with E-state index in [1.54, 1.807) is 0 Å². The normalized spacial score (nSPS) is 12.7. The Labute approximate surface area is 117 Å². The van der Waals surface area contributed by atoms with Gasteiger partial charge in [-0.15, -0.1) is 0 Å². The molecule has 0 amide bonds. The number of benzene rings is 2. The van der Waals surface area contributed by atoms with Crippen molar-refractivity contribution in [1.29, 1.82) is 0 Å². The second kappa shape index (κ2) is 5.43. The van der Waals surface area contributed by atoms with Crippen molar-refractivity contribution in [2.45, 2.75) is 25.8 Å². The molecule has 1 aromatic heterocycles. The average Bonchev–Trinajstić information content (AvgIpc) is 2.97. The fourth-order valence-electron chi connectivity index (χ4n) is 2.27. The molecule has 4 heteroatoms. The fraction of sp³-hybridized carbons (Fsp3) is 0.250. The Bertz CT molecular complexity index is 720. The van der Waals surface area contributed by atoms with E-state index in [2.05, 4.69) is 41.3 Å². The molecule has 1 heterocycles. The minimum atomic E-state index is -0.179. The number of hydrogen-bond donors (Lipinski definition) is 1. The van der Waals surface area contributed by atoms with E-state index in [-0.39, 0.29) is 6.04 Å². The lowest BCUT2D eigenvalue weighted by molar-refractivity contribution is 0.348. The first-order chi connectivity index (χ1) is 9.78. The third kappa shape index (κ3) is 2.42. The van der Waals surface area contributed by atoms with Crippen LogP contribution < -0.4 is 5.73 Å². The van der Waals surface area contributed by atoms with Gasteiger partial charge in [-0.1, -0.05) is 54.9 Å². The maximum Gasteiger partial charge on any atom is 0.243 e. The zero-order valence-electron chi connectivity index (χ0n) is 11.4. The van der Waals surface area contributed by atoms with E-state index in [0.717, 1.165) is 23.8 Å². The summed E-state index contributed by atoms with van der Waals surface area (Å²) in [6.45, 7) is 2.08. The quantitative estimate of drug-likeness (QED) is 0.783. The first-order valence-corrected chi connectivity index (χ1v) is 6.86. The highest BCUT2D eigenvalue weighted by Gasteiger charge is 2.14. The van der Waals surface area contributed by atoms with Crippen molar-refractivity contribution in [1.82, 2.24) is 10.1 Å².